The highest BCUT2D eigenvalue weighted by atomic mass is 19.1. The molecule has 1 fully saturated rings. The summed E-state index contributed by atoms with van der Waals surface area (Å²) in [6, 6.07) is 5.09. The average molecular weight is 301 g/mol. The van der Waals surface area contributed by atoms with E-state index in [4.69, 9.17) is 0 Å². The van der Waals surface area contributed by atoms with Crippen molar-refractivity contribution in [2.45, 2.75) is 18.9 Å². The Morgan fingerprint density at radius 2 is 2.09 bits per heavy atom. The van der Waals surface area contributed by atoms with Gasteiger partial charge in [0, 0.05) is 18.2 Å². The SMILES string of the molecule is Fc1ccc(F)c([C@H]2CCCN2c2ncn3nccc3n2)c1. The van der Waals surface area contributed by atoms with Gasteiger partial charge in [-0.25, -0.2) is 18.3 Å². The van der Waals surface area contributed by atoms with Crippen molar-refractivity contribution in [3.05, 3.63) is 54.0 Å². The van der Waals surface area contributed by atoms with E-state index in [1.165, 1.54) is 12.1 Å². The van der Waals surface area contributed by atoms with Crippen LogP contribution in [0.4, 0.5) is 14.7 Å². The van der Waals surface area contributed by atoms with E-state index in [1.54, 1.807) is 23.1 Å². The van der Waals surface area contributed by atoms with Crippen LogP contribution in [0.1, 0.15) is 24.4 Å². The fourth-order valence-corrected chi connectivity index (χ4v) is 2.96. The largest absolute Gasteiger partial charge is 0.334 e. The van der Waals surface area contributed by atoms with E-state index in [1.807, 2.05) is 4.90 Å². The number of benzene rings is 1. The summed E-state index contributed by atoms with van der Waals surface area (Å²) in [5.74, 6) is -0.321. The molecular formula is C15H13F2N5. The van der Waals surface area contributed by atoms with Gasteiger partial charge < -0.3 is 4.90 Å². The van der Waals surface area contributed by atoms with Crippen LogP contribution in [-0.4, -0.2) is 26.1 Å². The Hall–Kier alpha value is -2.57. The molecule has 1 atom stereocenters. The van der Waals surface area contributed by atoms with Crippen molar-refractivity contribution < 1.29 is 8.78 Å². The summed E-state index contributed by atoms with van der Waals surface area (Å²) < 4.78 is 29.1. The van der Waals surface area contributed by atoms with E-state index in [0.717, 1.165) is 18.9 Å². The maximum atomic E-state index is 14.1. The van der Waals surface area contributed by atoms with E-state index in [0.29, 0.717) is 23.7 Å². The number of anilines is 1. The van der Waals surface area contributed by atoms with Crippen LogP contribution >= 0.6 is 0 Å². The van der Waals surface area contributed by atoms with Gasteiger partial charge in [-0.2, -0.15) is 10.1 Å². The smallest absolute Gasteiger partial charge is 0.229 e. The lowest BCUT2D eigenvalue weighted by molar-refractivity contribution is 0.559. The van der Waals surface area contributed by atoms with Crippen LogP contribution in [0.3, 0.4) is 0 Å². The predicted octanol–water partition coefficient (Wildman–Crippen LogP) is 2.74. The van der Waals surface area contributed by atoms with Gasteiger partial charge in [0.2, 0.25) is 5.95 Å². The number of rotatable bonds is 2. The minimum atomic E-state index is -0.435. The first kappa shape index (κ1) is 13.1. The summed E-state index contributed by atoms with van der Waals surface area (Å²) in [5, 5.41) is 4.05. The summed E-state index contributed by atoms with van der Waals surface area (Å²) in [7, 11) is 0. The summed E-state index contributed by atoms with van der Waals surface area (Å²) in [6.45, 7) is 0.713. The molecule has 5 nitrogen and oxygen atoms in total. The molecule has 0 bridgehead atoms. The van der Waals surface area contributed by atoms with Gasteiger partial charge in [0.25, 0.3) is 0 Å². The molecule has 1 aliphatic heterocycles. The van der Waals surface area contributed by atoms with Gasteiger partial charge in [-0.15, -0.1) is 0 Å². The third kappa shape index (κ3) is 2.09. The van der Waals surface area contributed by atoms with Gasteiger partial charge in [0.15, 0.2) is 5.65 Å². The van der Waals surface area contributed by atoms with Crippen LogP contribution < -0.4 is 4.90 Å². The first-order valence-electron chi connectivity index (χ1n) is 7.10. The van der Waals surface area contributed by atoms with Gasteiger partial charge in [-0.05, 0) is 31.0 Å². The second kappa shape index (κ2) is 5.01. The van der Waals surface area contributed by atoms with Crippen molar-refractivity contribution in [1.29, 1.82) is 0 Å². The van der Waals surface area contributed by atoms with Gasteiger partial charge in [0.1, 0.15) is 18.0 Å². The Labute approximate surface area is 125 Å². The van der Waals surface area contributed by atoms with Crippen molar-refractivity contribution in [2.24, 2.45) is 0 Å². The Morgan fingerprint density at radius 1 is 1.18 bits per heavy atom. The van der Waals surface area contributed by atoms with Gasteiger partial charge in [-0.1, -0.05) is 0 Å². The Balaban J connectivity index is 1.75. The van der Waals surface area contributed by atoms with Gasteiger partial charge >= 0.3 is 0 Å². The zero-order valence-electron chi connectivity index (χ0n) is 11.7. The molecule has 1 aliphatic rings. The summed E-state index contributed by atoms with van der Waals surface area (Å²) in [4.78, 5) is 10.7. The number of nitrogens with zero attached hydrogens (tertiary/aromatic N) is 5. The number of fused-ring (bicyclic) bond motifs is 1. The third-order valence-electron chi connectivity index (χ3n) is 3.97. The Morgan fingerprint density at radius 3 is 3.00 bits per heavy atom. The lowest BCUT2D eigenvalue weighted by Crippen LogP contribution is -2.25. The molecule has 0 unspecified atom stereocenters. The van der Waals surface area contributed by atoms with Crippen LogP contribution in [-0.2, 0) is 0 Å². The van der Waals surface area contributed by atoms with E-state index in [-0.39, 0.29) is 6.04 Å². The second-order valence-corrected chi connectivity index (χ2v) is 5.31. The number of aromatic nitrogens is 4. The molecule has 2 aromatic heterocycles. The van der Waals surface area contributed by atoms with E-state index < -0.39 is 11.6 Å². The fraction of sp³-hybridized carbons (Fsp3) is 0.267. The second-order valence-electron chi connectivity index (χ2n) is 5.31. The number of halogens is 2. The minimum Gasteiger partial charge on any atom is -0.334 e. The average Bonchev–Trinajstić information content (AvgIpc) is 3.17. The molecular weight excluding hydrogens is 288 g/mol. The molecule has 0 spiro atoms. The first-order chi connectivity index (χ1) is 10.7. The zero-order valence-corrected chi connectivity index (χ0v) is 11.7. The third-order valence-corrected chi connectivity index (χ3v) is 3.97. The zero-order chi connectivity index (χ0) is 15.1. The predicted molar refractivity (Wildman–Crippen MR) is 76.5 cm³/mol. The molecule has 1 saturated heterocycles. The highest BCUT2D eigenvalue weighted by Crippen LogP contribution is 2.35. The quantitative estimate of drug-likeness (QED) is 0.730. The summed E-state index contributed by atoms with van der Waals surface area (Å²) in [6.07, 6.45) is 4.85. The van der Waals surface area contributed by atoms with E-state index >= 15 is 0 Å². The van der Waals surface area contributed by atoms with Crippen LogP contribution in [0.5, 0.6) is 0 Å². The monoisotopic (exact) mass is 301 g/mol. The Bertz CT molecular complexity index is 832. The van der Waals surface area contributed by atoms with E-state index in [9.17, 15) is 8.78 Å². The molecule has 1 aromatic carbocycles. The van der Waals surface area contributed by atoms with Crippen molar-refractivity contribution in [2.75, 3.05) is 11.4 Å². The molecule has 0 saturated carbocycles. The minimum absolute atomic E-state index is 0.249. The van der Waals surface area contributed by atoms with Crippen LogP contribution in [0, 0.1) is 11.6 Å². The normalized spacial score (nSPS) is 18.3. The lowest BCUT2D eigenvalue weighted by Gasteiger charge is -2.25. The highest BCUT2D eigenvalue weighted by Gasteiger charge is 2.30. The highest BCUT2D eigenvalue weighted by molar-refractivity contribution is 5.45. The standard InChI is InChI=1S/C15H13F2N5/c16-10-3-4-12(17)11(8-10)13-2-1-7-21(13)15-18-9-22-14(20-15)5-6-19-22/h3-6,8-9,13H,1-2,7H2/t13-/m1/s1. The molecule has 22 heavy (non-hydrogen) atoms. The van der Waals surface area contributed by atoms with Crippen molar-refractivity contribution in [3.8, 4) is 0 Å². The van der Waals surface area contributed by atoms with Crippen LogP contribution in [0.2, 0.25) is 0 Å². The van der Waals surface area contributed by atoms with Crippen molar-refractivity contribution in [1.82, 2.24) is 19.6 Å². The molecule has 0 radical (unpaired) electrons. The first-order valence-corrected chi connectivity index (χ1v) is 7.10. The summed E-state index contributed by atoms with van der Waals surface area (Å²) in [5.41, 5.74) is 1.03. The maximum absolute atomic E-state index is 14.1. The summed E-state index contributed by atoms with van der Waals surface area (Å²) >= 11 is 0. The molecule has 112 valence electrons. The lowest BCUT2D eigenvalue weighted by atomic mass is 10.0. The van der Waals surface area contributed by atoms with Crippen LogP contribution in [0.15, 0.2) is 36.8 Å². The number of hydrogen-bond acceptors (Lipinski definition) is 4. The maximum Gasteiger partial charge on any atom is 0.229 e. The molecule has 0 aliphatic carbocycles. The van der Waals surface area contributed by atoms with Gasteiger partial charge in [0.05, 0.1) is 12.2 Å². The Kier molecular flexibility index (Phi) is 2.99. The molecule has 0 amide bonds. The molecule has 3 aromatic rings. The molecule has 7 heteroatoms. The van der Waals surface area contributed by atoms with Crippen LogP contribution in [0.25, 0.3) is 5.65 Å². The molecule has 3 heterocycles. The van der Waals surface area contributed by atoms with Gasteiger partial charge in [-0.3, -0.25) is 0 Å². The number of hydrogen-bond donors (Lipinski definition) is 0. The van der Waals surface area contributed by atoms with Crippen molar-refractivity contribution >= 4 is 11.6 Å². The topological polar surface area (TPSA) is 46.3 Å². The molecule has 0 N–H and O–H groups in total. The van der Waals surface area contributed by atoms with E-state index in [2.05, 4.69) is 15.1 Å². The molecule has 4 rings (SSSR count). The van der Waals surface area contributed by atoms with Crippen molar-refractivity contribution in [3.63, 3.8) is 0 Å². The fourth-order valence-electron chi connectivity index (χ4n) is 2.96.